The zero-order valence-corrected chi connectivity index (χ0v) is 21.8. The molecular formula is C26H30ClF3N6O2. The number of ether oxygens (including phenoxy) is 1. The van der Waals surface area contributed by atoms with Gasteiger partial charge in [-0.3, -0.25) is 9.69 Å². The molecule has 1 aliphatic rings. The maximum absolute atomic E-state index is 13.4. The van der Waals surface area contributed by atoms with E-state index in [2.05, 4.69) is 30.5 Å². The number of alkyl halides is 3. The summed E-state index contributed by atoms with van der Waals surface area (Å²) in [4.78, 5) is 27.2. The summed E-state index contributed by atoms with van der Waals surface area (Å²) in [6.07, 6.45) is 1.61. The lowest BCUT2D eigenvalue weighted by atomic mass is 10.0. The van der Waals surface area contributed by atoms with E-state index in [9.17, 15) is 18.0 Å². The number of methoxy groups -OCH3 is 1. The average molecular weight is 551 g/mol. The number of halogens is 4. The molecule has 0 aliphatic carbocycles. The van der Waals surface area contributed by atoms with Crippen molar-refractivity contribution >= 4 is 34.2 Å². The number of amides is 1. The van der Waals surface area contributed by atoms with Crippen LogP contribution in [0.15, 0.2) is 36.7 Å². The number of aromatic nitrogens is 3. The van der Waals surface area contributed by atoms with Crippen molar-refractivity contribution in [1.82, 2.24) is 25.2 Å². The summed E-state index contributed by atoms with van der Waals surface area (Å²) in [5.74, 6) is -0.905. The minimum atomic E-state index is -4.62. The van der Waals surface area contributed by atoms with Crippen LogP contribution < -0.4 is 10.6 Å². The summed E-state index contributed by atoms with van der Waals surface area (Å²) in [6.45, 7) is 3.02. The Bertz CT molecular complexity index is 1240. The van der Waals surface area contributed by atoms with Gasteiger partial charge in [0.2, 0.25) is 5.82 Å². The van der Waals surface area contributed by atoms with E-state index < -0.39 is 17.9 Å². The van der Waals surface area contributed by atoms with Crippen LogP contribution in [0, 0.1) is 0 Å². The lowest BCUT2D eigenvalue weighted by Gasteiger charge is -2.34. The van der Waals surface area contributed by atoms with Gasteiger partial charge in [0.05, 0.1) is 22.1 Å². The van der Waals surface area contributed by atoms with Crippen molar-refractivity contribution in [2.45, 2.75) is 37.9 Å². The Balaban J connectivity index is 1.53. The van der Waals surface area contributed by atoms with Gasteiger partial charge in [-0.2, -0.15) is 13.2 Å². The van der Waals surface area contributed by atoms with E-state index in [-0.39, 0.29) is 17.6 Å². The lowest BCUT2D eigenvalue weighted by Crippen LogP contribution is -2.41. The highest BCUT2D eigenvalue weighted by molar-refractivity contribution is 6.35. The number of carbonyl (C=O) groups excluding carboxylic acids is 1. The van der Waals surface area contributed by atoms with Gasteiger partial charge in [0, 0.05) is 50.1 Å². The molecule has 1 aromatic carbocycles. The van der Waals surface area contributed by atoms with Gasteiger partial charge in [-0.05, 0) is 56.6 Å². The summed E-state index contributed by atoms with van der Waals surface area (Å²) in [5.41, 5.74) is 1.42. The van der Waals surface area contributed by atoms with Crippen LogP contribution >= 0.6 is 11.6 Å². The molecule has 1 amide bonds. The Hall–Kier alpha value is -3.02. The number of piperidine rings is 1. The maximum atomic E-state index is 13.4. The molecule has 12 heteroatoms. The number of nitrogens with zero attached hydrogens (tertiary/aromatic N) is 4. The molecule has 1 fully saturated rings. The van der Waals surface area contributed by atoms with E-state index in [1.165, 1.54) is 12.4 Å². The van der Waals surface area contributed by atoms with Crippen LogP contribution in [0.3, 0.4) is 0 Å². The Morgan fingerprint density at radius 3 is 2.55 bits per heavy atom. The third kappa shape index (κ3) is 6.89. The molecule has 204 valence electrons. The Kier molecular flexibility index (Phi) is 9.35. The number of rotatable bonds is 10. The van der Waals surface area contributed by atoms with Crippen molar-refractivity contribution in [1.29, 1.82) is 0 Å². The quantitative estimate of drug-likeness (QED) is 0.339. The van der Waals surface area contributed by atoms with E-state index in [1.54, 1.807) is 31.4 Å². The monoisotopic (exact) mass is 550 g/mol. The van der Waals surface area contributed by atoms with Gasteiger partial charge in [0.1, 0.15) is 5.82 Å². The largest absolute Gasteiger partial charge is 0.451 e. The second-order valence-electron chi connectivity index (χ2n) is 9.12. The zero-order chi connectivity index (χ0) is 27.1. The minimum Gasteiger partial charge on any atom is -0.385 e. The molecule has 1 aliphatic heterocycles. The molecule has 38 heavy (non-hydrogen) atoms. The molecule has 3 heterocycles. The molecule has 4 rings (SSSR count). The van der Waals surface area contributed by atoms with Crippen molar-refractivity contribution in [3.8, 4) is 0 Å². The number of fused-ring (bicyclic) bond motifs is 1. The number of hydrogen-bond acceptors (Lipinski definition) is 7. The molecular weight excluding hydrogens is 521 g/mol. The first-order valence-electron chi connectivity index (χ1n) is 12.5. The molecule has 0 bridgehead atoms. The first kappa shape index (κ1) is 28.0. The van der Waals surface area contributed by atoms with E-state index in [0.717, 1.165) is 38.8 Å². The van der Waals surface area contributed by atoms with Crippen LogP contribution in [0.4, 0.5) is 19.0 Å². The molecule has 1 atom stereocenters. The lowest BCUT2D eigenvalue weighted by molar-refractivity contribution is -0.145. The normalized spacial score (nSPS) is 15.4. The summed E-state index contributed by atoms with van der Waals surface area (Å²) in [7, 11) is 1.65. The second kappa shape index (κ2) is 12.7. The van der Waals surface area contributed by atoms with Crippen LogP contribution in [0.5, 0.6) is 0 Å². The topological polar surface area (TPSA) is 92.3 Å². The SMILES string of the molecule is COCCCNc1ccc2c(C(=O)NCC(c3cnc(C(F)(F)F)nc3)N3CCCCC3)c(Cl)ccc2n1. The summed E-state index contributed by atoms with van der Waals surface area (Å²) in [6, 6.07) is 6.60. The van der Waals surface area contributed by atoms with E-state index in [4.69, 9.17) is 16.3 Å². The molecule has 8 nitrogen and oxygen atoms in total. The maximum Gasteiger partial charge on any atom is 0.451 e. The van der Waals surface area contributed by atoms with E-state index in [1.807, 2.05) is 0 Å². The smallest absolute Gasteiger partial charge is 0.385 e. The number of anilines is 1. The van der Waals surface area contributed by atoms with Crippen LogP contribution in [-0.2, 0) is 10.9 Å². The fourth-order valence-electron chi connectivity index (χ4n) is 4.56. The Morgan fingerprint density at radius 1 is 1.13 bits per heavy atom. The first-order valence-corrected chi connectivity index (χ1v) is 12.9. The van der Waals surface area contributed by atoms with Crippen molar-refractivity contribution in [2.75, 3.05) is 45.2 Å². The van der Waals surface area contributed by atoms with Crippen molar-refractivity contribution in [2.24, 2.45) is 0 Å². The number of pyridine rings is 1. The fraction of sp³-hybridized carbons (Fsp3) is 0.462. The third-order valence-corrected chi connectivity index (χ3v) is 6.79. The molecule has 2 aromatic heterocycles. The molecule has 0 saturated carbocycles. The number of nitrogens with one attached hydrogen (secondary N) is 2. The van der Waals surface area contributed by atoms with Crippen LogP contribution in [0.1, 0.15) is 53.5 Å². The van der Waals surface area contributed by atoms with Gasteiger partial charge in [-0.15, -0.1) is 0 Å². The van der Waals surface area contributed by atoms with Crippen molar-refractivity contribution < 1.29 is 22.7 Å². The van der Waals surface area contributed by atoms with Gasteiger partial charge >= 0.3 is 6.18 Å². The predicted octanol–water partition coefficient (Wildman–Crippen LogP) is 5.10. The molecule has 2 N–H and O–H groups in total. The Labute approximate surface area is 224 Å². The fourth-order valence-corrected chi connectivity index (χ4v) is 4.81. The number of hydrogen-bond donors (Lipinski definition) is 2. The number of carbonyl (C=O) groups is 1. The first-order chi connectivity index (χ1) is 18.3. The molecule has 3 aromatic rings. The van der Waals surface area contributed by atoms with Crippen molar-refractivity contribution in [3.63, 3.8) is 0 Å². The van der Waals surface area contributed by atoms with E-state index >= 15 is 0 Å². The van der Waals surface area contributed by atoms with Crippen LogP contribution in [0.25, 0.3) is 10.9 Å². The number of likely N-dealkylation sites (tertiary alicyclic amines) is 1. The average Bonchev–Trinajstić information content (AvgIpc) is 2.91. The molecule has 0 radical (unpaired) electrons. The van der Waals surface area contributed by atoms with Gasteiger partial charge in [-0.25, -0.2) is 15.0 Å². The van der Waals surface area contributed by atoms with Crippen LogP contribution in [-0.4, -0.2) is 65.7 Å². The summed E-state index contributed by atoms with van der Waals surface area (Å²) >= 11 is 6.44. The molecule has 0 spiro atoms. The van der Waals surface area contributed by atoms with Gasteiger partial charge in [0.25, 0.3) is 5.91 Å². The number of benzene rings is 1. The molecule has 1 saturated heterocycles. The van der Waals surface area contributed by atoms with Gasteiger partial charge in [0.15, 0.2) is 0 Å². The molecule has 1 unspecified atom stereocenters. The highest BCUT2D eigenvalue weighted by Crippen LogP contribution is 2.29. The Morgan fingerprint density at radius 2 is 1.87 bits per heavy atom. The second-order valence-corrected chi connectivity index (χ2v) is 9.53. The zero-order valence-electron chi connectivity index (χ0n) is 21.0. The highest BCUT2D eigenvalue weighted by Gasteiger charge is 2.35. The minimum absolute atomic E-state index is 0.160. The summed E-state index contributed by atoms with van der Waals surface area (Å²) < 4.78 is 44.0. The summed E-state index contributed by atoms with van der Waals surface area (Å²) in [5, 5.41) is 7.05. The standard InChI is InChI=1S/C26H30ClF3N6O2/c1-38-13-5-10-31-22-9-6-18-20(35-22)8-7-19(27)23(18)24(37)32-16-21(36-11-3-2-4-12-36)17-14-33-25(34-15-17)26(28,29)30/h6-9,14-15,21H,2-5,10-13,16H2,1H3,(H,31,35)(H,32,37). The van der Waals surface area contributed by atoms with Crippen LogP contribution in [0.2, 0.25) is 5.02 Å². The highest BCUT2D eigenvalue weighted by atomic mass is 35.5. The van der Waals surface area contributed by atoms with Gasteiger partial charge < -0.3 is 15.4 Å². The predicted molar refractivity (Wildman–Crippen MR) is 139 cm³/mol. The van der Waals surface area contributed by atoms with Crippen molar-refractivity contribution in [3.05, 3.63) is 58.6 Å². The van der Waals surface area contributed by atoms with E-state index in [0.29, 0.717) is 41.0 Å². The van der Waals surface area contributed by atoms with Gasteiger partial charge in [-0.1, -0.05) is 18.0 Å². The third-order valence-electron chi connectivity index (χ3n) is 6.48.